The van der Waals surface area contributed by atoms with Gasteiger partial charge in [0.2, 0.25) is 11.8 Å². The molecular weight excluding hydrogens is 416 g/mol. The van der Waals surface area contributed by atoms with Gasteiger partial charge in [-0.15, -0.1) is 0 Å². The lowest BCUT2D eigenvalue weighted by Gasteiger charge is -2.29. The number of carbonyl (C=O) groups is 3. The zero-order valence-corrected chi connectivity index (χ0v) is 18.7. The Labute approximate surface area is 193 Å². The van der Waals surface area contributed by atoms with Crippen molar-refractivity contribution in [1.82, 2.24) is 15.5 Å². The van der Waals surface area contributed by atoms with E-state index in [4.69, 9.17) is 0 Å². The maximum Gasteiger partial charge on any atom is 0.255 e. The first kappa shape index (κ1) is 21.6. The molecular formula is C26H30N4O3. The van der Waals surface area contributed by atoms with Crippen molar-refractivity contribution in [2.75, 3.05) is 18.4 Å². The average Bonchev–Trinajstić information content (AvgIpc) is 3.14. The molecule has 0 radical (unpaired) electrons. The SMILES string of the molecule is O=C1CCC(N2Cc3ccc(CNc4cccc(CC5CCNCC5)c4)cc3C2=O)C(=O)N1. The largest absolute Gasteiger partial charge is 0.381 e. The summed E-state index contributed by atoms with van der Waals surface area (Å²) in [6.07, 6.45) is 4.23. The van der Waals surface area contributed by atoms with Crippen molar-refractivity contribution in [3.8, 4) is 0 Å². The van der Waals surface area contributed by atoms with Gasteiger partial charge < -0.3 is 15.5 Å². The minimum atomic E-state index is -0.577. The Balaban J connectivity index is 1.22. The molecule has 0 aliphatic carbocycles. The molecule has 1 atom stereocenters. The quantitative estimate of drug-likeness (QED) is 0.594. The Morgan fingerprint density at radius 1 is 0.970 bits per heavy atom. The summed E-state index contributed by atoms with van der Waals surface area (Å²) in [5.74, 6) is -0.0332. The van der Waals surface area contributed by atoms with Crippen molar-refractivity contribution in [2.45, 2.75) is 51.2 Å². The number of amides is 3. The number of piperidine rings is 2. The van der Waals surface area contributed by atoms with Crippen LogP contribution in [-0.2, 0) is 29.1 Å². The number of anilines is 1. The number of benzene rings is 2. The normalized spacial score (nSPS) is 21.2. The van der Waals surface area contributed by atoms with Crippen molar-refractivity contribution < 1.29 is 14.4 Å². The lowest BCUT2D eigenvalue weighted by molar-refractivity contribution is -0.136. The molecule has 3 heterocycles. The van der Waals surface area contributed by atoms with Crippen LogP contribution in [0.5, 0.6) is 0 Å². The minimum absolute atomic E-state index is 0.134. The first-order valence-electron chi connectivity index (χ1n) is 11.9. The molecule has 0 spiro atoms. The molecule has 3 aliphatic rings. The van der Waals surface area contributed by atoms with Gasteiger partial charge in [0, 0.05) is 30.8 Å². The summed E-state index contributed by atoms with van der Waals surface area (Å²) in [6, 6.07) is 14.0. The van der Waals surface area contributed by atoms with Gasteiger partial charge in [-0.3, -0.25) is 19.7 Å². The molecule has 0 aromatic heterocycles. The third kappa shape index (κ3) is 4.78. The fourth-order valence-corrected chi connectivity index (χ4v) is 5.14. The van der Waals surface area contributed by atoms with Crippen LogP contribution in [0.1, 0.15) is 52.7 Å². The second-order valence-corrected chi connectivity index (χ2v) is 9.34. The second-order valence-electron chi connectivity index (χ2n) is 9.34. The Morgan fingerprint density at radius 2 is 1.82 bits per heavy atom. The van der Waals surface area contributed by atoms with Gasteiger partial charge in [0.15, 0.2) is 0 Å². The lowest BCUT2D eigenvalue weighted by atomic mass is 9.91. The van der Waals surface area contributed by atoms with E-state index in [2.05, 4.69) is 40.2 Å². The maximum atomic E-state index is 13.0. The second kappa shape index (κ2) is 9.35. The van der Waals surface area contributed by atoms with Crippen LogP contribution < -0.4 is 16.0 Å². The molecule has 2 fully saturated rings. The van der Waals surface area contributed by atoms with Crippen molar-refractivity contribution in [3.05, 3.63) is 64.7 Å². The van der Waals surface area contributed by atoms with Crippen molar-refractivity contribution in [1.29, 1.82) is 0 Å². The van der Waals surface area contributed by atoms with Crippen LogP contribution >= 0.6 is 0 Å². The Morgan fingerprint density at radius 3 is 2.64 bits per heavy atom. The summed E-state index contributed by atoms with van der Waals surface area (Å²) < 4.78 is 0. The first-order chi connectivity index (χ1) is 16.1. The highest BCUT2D eigenvalue weighted by atomic mass is 16.2. The Hall–Kier alpha value is -3.19. The summed E-state index contributed by atoms with van der Waals surface area (Å²) in [6.45, 7) is 3.25. The predicted molar refractivity (Wildman–Crippen MR) is 126 cm³/mol. The summed E-state index contributed by atoms with van der Waals surface area (Å²) in [5.41, 5.74) is 5.04. The van der Waals surface area contributed by atoms with Crippen molar-refractivity contribution in [3.63, 3.8) is 0 Å². The topological polar surface area (TPSA) is 90.5 Å². The van der Waals surface area contributed by atoms with Gasteiger partial charge in [-0.1, -0.05) is 24.3 Å². The van der Waals surface area contributed by atoms with E-state index in [9.17, 15) is 14.4 Å². The van der Waals surface area contributed by atoms with E-state index in [1.807, 2.05) is 18.2 Å². The molecule has 0 bridgehead atoms. The molecule has 2 aromatic carbocycles. The Bertz CT molecular complexity index is 1080. The summed E-state index contributed by atoms with van der Waals surface area (Å²) >= 11 is 0. The van der Waals surface area contributed by atoms with E-state index < -0.39 is 6.04 Å². The van der Waals surface area contributed by atoms with Crippen LogP contribution in [0.15, 0.2) is 42.5 Å². The van der Waals surface area contributed by atoms with E-state index in [0.29, 0.717) is 25.1 Å². The van der Waals surface area contributed by atoms with Crippen LogP contribution in [0.4, 0.5) is 5.69 Å². The maximum absolute atomic E-state index is 13.0. The van der Waals surface area contributed by atoms with Gasteiger partial charge in [0.05, 0.1) is 0 Å². The molecule has 1 unspecified atom stereocenters. The smallest absolute Gasteiger partial charge is 0.255 e. The summed E-state index contributed by atoms with van der Waals surface area (Å²) in [4.78, 5) is 38.3. The molecule has 3 N–H and O–H groups in total. The van der Waals surface area contributed by atoms with Crippen molar-refractivity contribution in [2.24, 2.45) is 5.92 Å². The summed E-state index contributed by atoms with van der Waals surface area (Å²) in [5, 5.41) is 9.26. The molecule has 0 saturated carbocycles. The van der Waals surface area contributed by atoms with Crippen LogP contribution in [0, 0.1) is 5.92 Å². The van der Waals surface area contributed by atoms with E-state index in [1.54, 1.807) is 4.90 Å². The molecule has 2 aromatic rings. The molecule has 7 heteroatoms. The van der Waals surface area contributed by atoms with E-state index in [0.717, 1.165) is 42.2 Å². The number of hydrogen-bond donors (Lipinski definition) is 3. The zero-order chi connectivity index (χ0) is 22.8. The monoisotopic (exact) mass is 446 g/mol. The van der Waals surface area contributed by atoms with Gasteiger partial charge in [-0.2, -0.15) is 0 Å². The number of nitrogens with one attached hydrogen (secondary N) is 3. The van der Waals surface area contributed by atoms with Crippen LogP contribution in [0.2, 0.25) is 0 Å². The highest BCUT2D eigenvalue weighted by molar-refractivity contribution is 6.05. The molecule has 33 heavy (non-hydrogen) atoms. The number of hydrogen-bond acceptors (Lipinski definition) is 5. The minimum Gasteiger partial charge on any atom is -0.381 e. The third-order valence-electron chi connectivity index (χ3n) is 7.00. The van der Waals surface area contributed by atoms with E-state index >= 15 is 0 Å². The van der Waals surface area contributed by atoms with E-state index in [1.165, 1.54) is 18.4 Å². The molecule has 5 rings (SSSR count). The summed E-state index contributed by atoms with van der Waals surface area (Å²) in [7, 11) is 0. The van der Waals surface area contributed by atoms with Crippen LogP contribution in [-0.4, -0.2) is 41.8 Å². The lowest BCUT2D eigenvalue weighted by Crippen LogP contribution is -2.52. The molecule has 172 valence electrons. The number of carbonyl (C=O) groups excluding carboxylic acids is 3. The van der Waals surface area contributed by atoms with Crippen LogP contribution in [0.3, 0.4) is 0 Å². The highest BCUT2D eigenvalue weighted by Crippen LogP contribution is 2.28. The molecule has 2 saturated heterocycles. The molecule has 7 nitrogen and oxygen atoms in total. The number of rotatable bonds is 6. The number of fused-ring (bicyclic) bond motifs is 1. The predicted octanol–water partition coefficient (Wildman–Crippen LogP) is 2.60. The fraction of sp³-hybridized carbons (Fsp3) is 0.423. The number of nitrogens with zero attached hydrogens (tertiary/aromatic N) is 1. The fourth-order valence-electron chi connectivity index (χ4n) is 5.14. The van der Waals surface area contributed by atoms with Crippen LogP contribution in [0.25, 0.3) is 0 Å². The van der Waals surface area contributed by atoms with E-state index in [-0.39, 0.29) is 24.1 Å². The Kier molecular flexibility index (Phi) is 6.13. The van der Waals surface area contributed by atoms with Gasteiger partial charge in [-0.05, 0) is 79.6 Å². The van der Waals surface area contributed by atoms with Gasteiger partial charge in [0.25, 0.3) is 5.91 Å². The van der Waals surface area contributed by atoms with Crippen molar-refractivity contribution >= 4 is 23.4 Å². The van der Waals surface area contributed by atoms with Gasteiger partial charge in [0.1, 0.15) is 6.04 Å². The average molecular weight is 447 g/mol. The third-order valence-corrected chi connectivity index (χ3v) is 7.00. The highest BCUT2D eigenvalue weighted by Gasteiger charge is 2.39. The zero-order valence-electron chi connectivity index (χ0n) is 18.7. The van der Waals surface area contributed by atoms with Gasteiger partial charge in [-0.25, -0.2) is 0 Å². The first-order valence-corrected chi connectivity index (χ1v) is 11.9. The molecule has 3 amide bonds. The molecule has 3 aliphatic heterocycles. The standard InChI is InChI=1S/C26H30N4O3/c31-24-7-6-23(25(32)29-24)30-16-20-5-4-19(14-22(20)26(30)33)15-28-21-3-1-2-18(13-21)12-17-8-10-27-11-9-17/h1-5,13-14,17,23,27-28H,6-12,15-16H2,(H,29,31,32). The van der Waals surface area contributed by atoms with Gasteiger partial charge >= 0.3 is 0 Å². The number of imide groups is 1.